The van der Waals surface area contributed by atoms with Crippen LogP contribution in [0.2, 0.25) is 0 Å². The first kappa shape index (κ1) is 5.96. The van der Waals surface area contributed by atoms with E-state index < -0.39 is 11.2 Å². The number of ether oxygens (including phenoxy) is 1. The van der Waals surface area contributed by atoms with Gasteiger partial charge in [0.2, 0.25) is 0 Å². The van der Waals surface area contributed by atoms with Crippen LogP contribution >= 0.6 is 11.6 Å². The third kappa shape index (κ3) is 0.498. The van der Waals surface area contributed by atoms with Gasteiger partial charge in [0, 0.05) is 5.41 Å². The van der Waals surface area contributed by atoms with E-state index >= 15 is 0 Å². The van der Waals surface area contributed by atoms with Crippen molar-refractivity contribution in [2.24, 2.45) is 5.41 Å². The molecule has 0 amide bonds. The van der Waals surface area contributed by atoms with Crippen LogP contribution in [0.1, 0.15) is 13.3 Å². The second-order valence-electron chi connectivity index (χ2n) is 3.26. The molecular formula is C6H9ClO2. The van der Waals surface area contributed by atoms with Crippen molar-refractivity contribution >= 4 is 11.6 Å². The molecule has 2 aliphatic rings. The van der Waals surface area contributed by atoms with Gasteiger partial charge in [0.25, 0.3) is 0 Å². The van der Waals surface area contributed by atoms with Gasteiger partial charge >= 0.3 is 0 Å². The highest BCUT2D eigenvalue weighted by molar-refractivity contribution is 6.27. The van der Waals surface area contributed by atoms with Crippen molar-refractivity contribution < 1.29 is 9.84 Å². The normalized spacial score (nSPS) is 63.7. The molecule has 1 aliphatic heterocycles. The predicted octanol–water partition coefficient (Wildman–Crippen LogP) is 0.723. The van der Waals surface area contributed by atoms with Crippen LogP contribution in [0, 0.1) is 5.41 Å². The van der Waals surface area contributed by atoms with E-state index in [2.05, 4.69) is 0 Å². The second kappa shape index (κ2) is 1.29. The molecule has 52 valence electrons. The fourth-order valence-electron chi connectivity index (χ4n) is 1.47. The van der Waals surface area contributed by atoms with Crippen molar-refractivity contribution in [2.75, 3.05) is 6.61 Å². The van der Waals surface area contributed by atoms with E-state index in [0.717, 1.165) is 6.42 Å². The zero-order valence-electron chi connectivity index (χ0n) is 5.22. The van der Waals surface area contributed by atoms with Crippen molar-refractivity contribution in [1.82, 2.24) is 0 Å². The molecule has 0 radical (unpaired) electrons. The first-order chi connectivity index (χ1) is 4.08. The third-order valence-corrected chi connectivity index (χ3v) is 3.25. The molecule has 0 aromatic carbocycles. The molecule has 0 bridgehead atoms. The van der Waals surface area contributed by atoms with Crippen LogP contribution in [0.15, 0.2) is 0 Å². The molecule has 2 fully saturated rings. The maximum absolute atomic E-state index is 9.11. The summed E-state index contributed by atoms with van der Waals surface area (Å²) in [6.07, 6.45) is 0.159. The zero-order chi connectivity index (χ0) is 6.70. The number of hydrogen-bond acceptors (Lipinski definition) is 2. The van der Waals surface area contributed by atoms with E-state index in [1.54, 1.807) is 0 Å². The van der Waals surface area contributed by atoms with Gasteiger partial charge in [-0.25, -0.2) is 0 Å². The van der Waals surface area contributed by atoms with Gasteiger partial charge in [0.05, 0.1) is 6.61 Å². The lowest BCUT2D eigenvalue weighted by molar-refractivity contribution is -0.0780. The van der Waals surface area contributed by atoms with E-state index in [-0.39, 0.29) is 5.41 Å². The number of alkyl halides is 1. The average molecular weight is 149 g/mol. The SMILES string of the molecule is CC12COC(O)C1(Cl)C2. The fraction of sp³-hybridized carbons (Fsp3) is 1.00. The standard InChI is InChI=1S/C6H9ClO2/c1-5-2-6(5,7)4(8)9-3-5/h4,8H,2-3H2,1H3. The molecule has 2 nitrogen and oxygen atoms in total. The number of fused-ring (bicyclic) bond motifs is 1. The second-order valence-corrected chi connectivity index (χ2v) is 3.94. The average Bonchev–Trinajstić information content (AvgIpc) is 2.26. The summed E-state index contributed by atoms with van der Waals surface area (Å²) in [7, 11) is 0. The Hall–Kier alpha value is 0.210. The van der Waals surface area contributed by atoms with E-state index in [9.17, 15) is 0 Å². The number of rotatable bonds is 0. The Bertz CT molecular complexity index is 157. The fourth-order valence-corrected chi connectivity index (χ4v) is 1.89. The number of aliphatic hydroxyl groups excluding tert-OH is 1. The van der Waals surface area contributed by atoms with Crippen molar-refractivity contribution in [3.8, 4) is 0 Å². The van der Waals surface area contributed by atoms with Crippen LogP contribution in [0.5, 0.6) is 0 Å². The van der Waals surface area contributed by atoms with Gasteiger partial charge in [-0.2, -0.15) is 0 Å². The molecule has 0 spiro atoms. The van der Waals surface area contributed by atoms with Crippen LogP contribution in [-0.4, -0.2) is 22.9 Å². The van der Waals surface area contributed by atoms with E-state index in [0.29, 0.717) is 6.61 Å². The summed E-state index contributed by atoms with van der Waals surface area (Å²) in [6, 6.07) is 0. The van der Waals surface area contributed by atoms with Gasteiger partial charge in [-0.15, -0.1) is 11.6 Å². The Morgan fingerprint density at radius 3 is 2.56 bits per heavy atom. The highest BCUT2D eigenvalue weighted by atomic mass is 35.5. The monoisotopic (exact) mass is 148 g/mol. The van der Waals surface area contributed by atoms with Crippen LogP contribution in [0.3, 0.4) is 0 Å². The van der Waals surface area contributed by atoms with E-state index in [4.69, 9.17) is 21.4 Å². The largest absolute Gasteiger partial charge is 0.366 e. The molecule has 3 unspecified atom stereocenters. The first-order valence-electron chi connectivity index (χ1n) is 3.07. The molecule has 0 aromatic heterocycles. The minimum atomic E-state index is -0.732. The summed E-state index contributed by atoms with van der Waals surface area (Å²) >= 11 is 5.96. The minimum Gasteiger partial charge on any atom is -0.366 e. The summed E-state index contributed by atoms with van der Waals surface area (Å²) in [4.78, 5) is -0.438. The smallest absolute Gasteiger partial charge is 0.174 e. The Balaban J connectivity index is 2.27. The lowest BCUT2D eigenvalue weighted by atomic mass is 10.1. The lowest BCUT2D eigenvalue weighted by Gasteiger charge is -2.07. The maximum atomic E-state index is 9.11. The number of halogens is 1. The quantitative estimate of drug-likeness (QED) is 0.513. The lowest BCUT2D eigenvalue weighted by Crippen LogP contribution is -2.21. The molecule has 1 heterocycles. The van der Waals surface area contributed by atoms with E-state index in [1.165, 1.54) is 0 Å². The predicted molar refractivity (Wildman–Crippen MR) is 33.3 cm³/mol. The molecule has 1 N–H and O–H groups in total. The zero-order valence-corrected chi connectivity index (χ0v) is 5.98. The molecule has 1 saturated heterocycles. The van der Waals surface area contributed by atoms with Crippen molar-refractivity contribution in [2.45, 2.75) is 24.5 Å². The van der Waals surface area contributed by atoms with Gasteiger partial charge in [0.1, 0.15) is 4.87 Å². The number of aliphatic hydroxyl groups is 1. The van der Waals surface area contributed by atoms with Gasteiger partial charge in [-0.1, -0.05) is 6.92 Å². The summed E-state index contributed by atoms with van der Waals surface area (Å²) in [5.74, 6) is 0. The highest BCUT2D eigenvalue weighted by Crippen LogP contribution is 2.66. The van der Waals surface area contributed by atoms with Crippen LogP contribution < -0.4 is 0 Å². The summed E-state index contributed by atoms with van der Waals surface area (Å²) < 4.78 is 4.94. The first-order valence-corrected chi connectivity index (χ1v) is 3.45. The molecule has 1 saturated carbocycles. The maximum Gasteiger partial charge on any atom is 0.174 e. The van der Waals surface area contributed by atoms with Crippen LogP contribution in [-0.2, 0) is 4.74 Å². The summed E-state index contributed by atoms with van der Waals surface area (Å²) in [5, 5.41) is 9.11. The highest BCUT2D eigenvalue weighted by Gasteiger charge is 2.72. The minimum absolute atomic E-state index is 0.0635. The molecule has 0 aromatic rings. The summed E-state index contributed by atoms with van der Waals surface area (Å²) in [5.41, 5.74) is 0.0635. The van der Waals surface area contributed by atoms with Gasteiger partial charge in [0.15, 0.2) is 6.29 Å². The summed E-state index contributed by atoms with van der Waals surface area (Å²) in [6.45, 7) is 2.65. The molecule has 9 heavy (non-hydrogen) atoms. The molecule has 1 aliphatic carbocycles. The van der Waals surface area contributed by atoms with Crippen molar-refractivity contribution in [1.29, 1.82) is 0 Å². The van der Waals surface area contributed by atoms with Crippen LogP contribution in [0.25, 0.3) is 0 Å². The van der Waals surface area contributed by atoms with Crippen LogP contribution in [0.4, 0.5) is 0 Å². The Morgan fingerprint density at radius 2 is 2.44 bits per heavy atom. The van der Waals surface area contributed by atoms with E-state index in [1.807, 2.05) is 6.92 Å². The molecule has 2 rings (SSSR count). The van der Waals surface area contributed by atoms with Crippen molar-refractivity contribution in [3.63, 3.8) is 0 Å². The number of hydrogen-bond donors (Lipinski definition) is 1. The van der Waals surface area contributed by atoms with Crippen molar-refractivity contribution in [3.05, 3.63) is 0 Å². The topological polar surface area (TPSA) is 29.5 Å². The van der Waals surface area contributed by atoms with Gasteiger partial charge < -0.3 is 9.84 Å². The Labute approximate surface area is 58.8 Å². The van der Waals surface area contributed by atoms with Gasteiger partial charge in [-0.3, -0.25) is 0 Å². The molecule has 3 heteroatoms. The molecular weight excluding hydrogens is 140 g/mol. The van der Waals surface area contributed by atoms with Gasteiger partial charge in [-0.05, 0) is 6.42 Å². The molecule has 3 atom stereocenters. The third-order valence-electron chi connectivity index (χ3n) is 2.48. The Kier molecular flexibility index (Phi) is 0.852. The Morgan fingerprint density at radius 1 is 1.78 bits per heavy atom.